The zero-order chi connectivity index (χ0) is 4.24. The molecule has 0 aromatic carbocycles. The molecule has 1 aliphatic heterocycles. The van der Waals surface area contributed by atoms with E-state index in [-0.39, 0.29) is 7.43 Å². The monoisotopic (exact) mass is 93.1 g/mol. The quantitative estimate of drug-likeness (QED) is 0.465. The largest absolute Gasteiger partial charge is 0.387 e. The van der Waals surface area contributed by atoms with Crippen molar-refractivity contribution in [3.8, 4) is 0 Å². The molecular formula is C6H7N. The molecule has 4 radical (unpaired) electrons. The standard InChI is InChI=1S/C5H7N.C/c1-2-4-6-5-3-1;/h1-4,6H,5H2;. The predicted octanol–water partition coefficient (Wildman–Crippen LogP) is 0.741. The Labute approximate surface area is 44.7 Å². The number of hydrogen-bond acceptors (Lipinski definition) is 1. The first-order chi connectivity index (χ1) is 3.00. The van der Waals surface area contributed by atoms with Gasteiger partial charge in [-0.25, -0.2) is 0 Å². The molecule has 0 amide bonds. The second-order valence-corrected chi connectivity index (χ2v) is 1.20. The second kappa shape index (κ2) is 3.47. The molecule has 1 heterocycles. The lowest BCUT2D eigenvalue weighted by molar-refractivity contribution is 0.972. The Morgan fingerprint density at radius 2 is 2.14 bits per heavy atom. The van der Waals surface area contributed by atoms with Gasteiger partial charge in [-0.15, -0.1) is 0 Å². The highest BCUT2D eigenvalue weighted by Crippen LogP contribution is 1.78. The average molecular weight is 93.1 g/mol. The minimum absolute atomic E-state index is 0. The molecule has 0 saturated carbocycles. The molecule has 0 aromatic rings. The Morgan fingerprint density at radius 1 is 1.29 bits per heavy atom. The Morgan fingerprint density at radius 3 is 2.29 bits per heavy atom. The van der Waals surface area contributed by atoms with Crippen LogP contribution in [0.15, 0.2) is 24.4 Å². The minimum Gasteiger partial charge on any atom is -0.387 e. The third-order valence-corrected chi connectivity index (χ3v) is 0.697. The molecule has 1 rings (SSSR count). The van der Waals surface area contributed by atoms with Gasteiger partial charge >= 0.3 is 0 Å². The van der Waals surface area contributed by atoms with Crippen LogP contribution in [-0.4, -0.2) is 6.54 Å². The molecule has 0 fully saturated rings. The summed E-state index contributed by atoms with van der Waals surface area (Å²) in [7, 11) is 0. The molecule has 7 heavy (non-hydrogen) atoms. The summed E-state index contributed by atoms with van der Waals surface area (Å²) in [6.45, 7) is 0.983. The van der Waals surface area contributed by atoms with Gasteiger partial charge in [-0.2, -0.15) is 0 Å². The van der Waals surface area contributed by atoms with E-state index in [4.69, 9.17) is 0 Å². The first-order valence-corrected chi connectivity index (χ1v) is 2.05. The van der Waals surface area contributed by atoms with E-state index in [1.54, 1.807) is 0 Å². The molecular weight excluding hydrogens is 86.1 g/mol. The number of rotatable bonds is 0. The molecule has 0 bridgehead atoms. The summed E-state index contributed by atoms with van der Waals surface area (Å²) in [6, 6.07) is 0. The van der Waals surface area contributed by atoms with Crippen molar-refractivity contribution in [2.24, 2.45) is 0 Å². The van der Waals surface area contributed by atoms with E-state index in [0.29, 0.717) is 0 Å². The Kier molecular flexibility index (Phi) is 3.11. The Hall–Kier alpha value is -0.720. The highest BCUT2D eigenvalue weighted by Gasteiger charge is 1.73. The van der Waals surface area contributed by atoms with E-state index in [2.05, 4.69) is 11.4 Å². The molecule has 1 heteroatoms. The van der Waals surface area contributed by atoms with Crippen LogP contribution in [-0.2, 0) is 0 Å². The van der Waals surface area contributed by atoms with Gasteiger partial charge in [0.25, 0.3) is 0 Å². The summed E-state index contributed by atoms with van der Waals surface area (Å²) >= 11 is 0. The van der Waals surface area contributed by atoms with E-state index in [1.165, 1.54) is 0 Å². The number of dihydropyridines is 1. The summed E-state index contributed by atoms with van der Waals surface area (Å²) in [5.41, 5.74) is 0. The predicted molar refractivity (Wildman–Crippen MR) is 29.5 cm³/mol. The molecule has 1 aliphatic rings. The third kappa shape index (κ3) is 2.04. The topological polar surface area (TPSA) is 12.0 Å². The van der Waals surface area contributed by atoms with Crippen molar-refractivity contribution < 1.29 is 0 Å². The van der Waals surface area contributed by atoms with Crippen LogP contribution in [0.4, 0.5) is 0 Å². The molecule has 0 unspecified atom stereocenters. The van der Waals surface area contributed by atoms with Crippen LogP contribution in [0.2, 0.25) is 0 Å². The zero-order valence-electron chi connectivity index (χ0n) is 4.02. The van der Waals surface area contributed by atoms with Crippen molar-refractivity contribution in [2.75, 3.05) is 6.54 Å². The van der Waals surface area contributed by atoms with Gasteiger partial charge in [-0.05, 0) is 12.3 Å². The van der Waals surface area contributed by atoms with Gasteiger partial charge in [0.2, 0.25) is 0 Å². The highest BCUT2D eigenvalue weighted by atomic mass is 14.8. The first kappa shape index (κ1) is 6.28. The van der Waals surface area contributed by atoms with Crippen molar-refractivity contribution in [3.05, 3.63) is 31.9 Å². The summed E-state index contributed by atoms with van der Waals surface area (Å²) < 4.78 is 0. The third-order valence-electron chi connectivity index (χ3n) is 0.697. The van der Waals surface area contributed by atoms with Gasteiger partial charge in [0, 0.05) is 14.0 Å². The van der Waals surface area contributed by atoms with Crippen molar-refractivity contribution in [1.29, 1.82) is 0 Å². The Balaban J connectivity index is 0.000000360. The van der Waals surface area contributed by atoms with Gasteiger partial charge in [0.15, 0.2) is 0 Å². The van der Waals surface area contributed by atoms with E-state index in [9.17, 15) is 0 Å². The van der Waals surface area contributed by atoms with E-state index < -0.39 is 0 Å². The van der Waals surface area contributed by atoms with Crippen LogP contribution in [0.25, 0.3) is 0 Å². The number of nitrogens with one attached hydrogen (secondary N) is 1. The van der Waals surface area contributed by atoms with E-state index >= 15 is 0 Å². The van der Waals surface area contributed by atoms with Crippen LogP contribution in [0.1, 0.15) is 0 Å². The molecule has 0 aliphatic carbocycles. The SMILES string of the molecule is C1=CCNC=C1.[C]. The van der Waals surface area contributed by atoms with Crippen LogP contribution in [0.5, 0.6) is 0 Å². The second-order valence-electron chi connectivity index (χ2n) is 1.20. The average Bonchev–Trinajstić information content (AvgIpc) is 1.72. The lowest BCUT2D eigenvalue weighted by Gasteiger charge is -1.94. The molecule has 0 atom stereocenters. The van der Waals surface area contributed by atoms with Crippen LogP contribution in [0.3, 0.4) is 0 Å². The fraction of sp³-hybridized carbons (Fsp3) is 0.167. The fourth-order valence-electron chi connectivity index (χ4n) is 0.406. The molecule has 0 spiro atoms. The van der Waals surface area contributed by atoms with Gasteiger partial charge in [0.05, 0.1) is 0 Å². The normalized spacial score (nSPS) is 14.9. The summed E-state index contributed by atoms with van der Waals surface area (Å²) in [5, 5.41) is 3.02. The summed E-state index contributed by atoms with van der Waals surface area (Å²) in [6.07, 6.45) is 8.00. The lowest BCUT2D eigenvalue weighted by Crippen LogP contribution is -2.05. The van der Waals surface area contributed by atoms with Crippen LogP contribution < -0.4 is 5.32 Å². The van der Waals surface area contributed by atoms with Crippen LogP contribution >= 0.6 is 0 Å². The maximum absolute atomic E-state index is 3.02. The smallest absolute Gasteiger partial charge is 0.0328 e. The maximum Gasteiger partial charge on any atom is 0.0328 e. The molecule has 36 valence electrons. The van der Waals surface area contributed by atoms with Gasteiger partial charge in [0.1, 0.15) is 0 Å². The summed E-state index contributed by atoms with van der Waals surface area (Å²) in [5.74, 6) is 0. The summed E-state index contributed by atoms with van der Waals surface area (Å²) in [4.78, 5) is 0. The minimum atomic E-state index is 0. The van der Waals surface area contributed by atoms with Gasteiger partial charge < -0.3 is 5.32 Å². The zero-order valence-corrected chi connectivity index (χ0v) is 4.02. The van der Waals surface area contributed by atoms with Crippen LogP contribution in [0, 0.1) is 7.43 Å². The number of allylic oxidation sites excluding steroid dienone is 2. The Bertz CT molecular complexity index is 70.2. The van der Waals surface area contributed by atoms with Crippen molar-refractivity contribution in [1.82, 2.24) is 5.32 Å². The van der Waals surface area contributed by atoms with Gasteiger partial charge in [-0.1, -0.05) is 12.2 Å². The van der Waals surface area contributed by atoms with E-state index in [0.717, 1.165) is 6.54 Å². The molecule has 0 saturated heterocycles. The molecule has 1 nitrogen and oxygen atoms in total. The van der Waals surface area contributed by atoms with E-state index in [1.807, 2.05) is 18.4 Å². The lowest BCUT2D eigenvalue weighted by atomic mass is 10.4. The molecule has 1 N–H and O–H groups in total. The van der Waals surface area contributed by atoms with Crippen molar-refractivity contribution in [3.63, 3.8) is 0 Å². The maximum atomic E-state index is 3.02. The van der Waals surface area contributed by atoms with Crippen molar-refractivity contribution in [2.45, 2.75) is 0 Å². The number of hydrogen-bond donors (Lipinski definition) is 1. The first-order valence-electron chi connectivity index (χ1n) is 2.05. The molecule has 0 aromatic heterocycles. The van der Waals surface area contributed by atoms with Crippen molar-refractivity contribution >= 4 is 0 Å². The fourth-order valence-corrected chi connectivity index (χ4v) is 0.406. The van der Waals surface area contributed by atoms with Gasteiger partial charge in [-0.3, -0.25) is 0 Å². The highest BCUT2D eigenvalue weighted by molar-refractivity contribution is 5.06.